The standard InChI is InChI=1S/C19H24N2O5S/c1-3-13-27(23,24)21-16-8-6-7-15(14-16)19(22)20-11-12-26-18-10-5-4-9-17(18)25-2/h4-10,14,21H,3,11-13H2,1-2H3,(H,20,22). The number of benzene rings is 2. The maximum Gasteiger partial charge on any atom is 0.251 e. The number of carbonyl (C=O) groups is 1. The van der Waals surface area contributed by atoms with Gasteiger partial charge >= 0.3 is 0 Å². The molecule has 0 aliphatic rings. The maximum absolute atomic E-state index is 12.3. The number of amides is 1. The topological polar surface area (TPSA) is 93.7 Å². The highest BCUT2D eigenvalue weighted by atomic mass is 32.2. The van der Waals surface area contributed by atoms with Gasteiger partial charge in [-0.1, -0.05) is 25.1 Å². The molecule has 146 valence electrons. The SMILES string of the molecule is CCCS(=O)(=O)Nc1cccc(C(=O)NCCOc2ccccc2OC)c1. The van der Waals surface area contributed by atoms with Gasteiger partial charge in [-0.25, -0.2) is 8.42 Å². The van der Waals surface area contributed by atoms with E-state index in [1.165, 1.54) is 6.07 Å². The second-order valence-corrected chi connectivity index (χ2v) is 7.60. The van der Waals surface area contributed by atoms with Crippen molar-refractivity contribution in [1.82, 2.24) is 5.32 Å². The highest BCUT2D eigenvalue weighted by Crippen LogP contribution is 2.25. The summed E-state index contributed by atoms with van der Waals surface area (Å²) in [7, 11) is -1.84. The number of hydrogen-bond donors (Lipinski definition) is 2. The molecule has 0 saturated carbocycles. The summed E-state index contributed by atoms with van der Waals surface area (Å²) >= 11 is 0. The zero-order valence-corrected chi connectivity index (χ0v) is 16.2. The Hall–Kier alpha value is -2.74. The molecule has 0 fully saturated rings. The molecule has 27 heavy (non-hydrogen) atoms. The van der Waals surface area contributed by atoms with Gasteiger partial charge in [0.15, 0.2) is 11.5 Å². The number of methoxy groups -OCH3 is 1. The molecule has 0 aliphatic carbocycles. The zero-order valence-electron chi connectivity index (χ0n) is 15.4. The number of anilines is 1. The van der Waals surface area contributed by atoms with E-state index in [1.807, 2.05) is 12.1 Å². The lowest BCUT2D eigenvalue weighted by Gasteiger charge is -2.11. The fraction of sp³-hybridized carbons (Fsp3) is 0.316. The number of para-hydroxylation sites is 2. The van der Waals surface area contributed by atoms with E-state index in [-0.39, 0.29) is 18.3 Å². The van der Waals surface area contributed by atoms with Crippen molar-refractivity contribution in [2.24, 2.45) is 0 Å². The molecule has 7 nitrogen and oxygen atoms in total. The van der Waals surface area contributed by atoms with Crippen molar-refractivity contribution in [3.63, 3.8) is 0 Å². The van der Waals surface area contributed by atoms with Crippen LogP contribution in [0, 0.1) is 0 Å². The molecule has 0 atom stereocenters. The van der Waals surface area contributed by atoms with E-state index >= 15 is 0 Å². The summed E-state index contributed by atoms with van der Waals surface area (Å²) in [5, 5.41) is 2.74. The first-order valence-electron chi connectivity index (χ1n) is 8.59. The Morgan fingerprint density at radius 2 is 1.81 bits per heavy atom. The minimum Gasteiger partial charge on any atom is -0.493 e. The van der Waals surface area contributed by atoms with Gasteiger partial charge in [0, 0.05) is 11.3 Å². The lowest BCUT2D eigenvalue weighted by Crippen LogP contribution is -2.28. The highest BCUT2D eigenvalue weighted by molar-refractivity contribution is 7.92. The lowest BCUT2D eigenvalue weighted by atomic mass is 10.2. The van der Waals surface area contributed by atoms with E-state index in [2.05, 4.69) is 10.0 Å². The van der Waals surface area contributed by atoms with Gasteiger partial charge in [-0.2, -0.15) is 0 Å². The smallest absolute Gasteiger partial charge is 0.251 e. The van der Waals surface area contributed by atoms with Crippen molar-refractivity contribution in [3.05, 3.63) is 54.1 Å². The van der Waals surface area contributed by atoms with Crippen LogP contribution in [0.15, 0.2) is 48.5 Å². The van der Waals surface area contributed by atoms with Gasteiger partial charge < -0.3 is 14.8 Å². The van der Waals surface area contributed by atoms with Crippen molar-refractivity contribution in [3.8, 4) is 11.5 Å². The summed E-state index contributed by atoms with van der Waals surface area (Å²) in [6.07, 6.45) is 0.516. The number of carbonyl (C=O) groups excluding carboxylic acids is 1. The first-order chi connectivity index (χ1) is 12.9. The van der Waals surface area contributed by atoms with Crippen LogP contribution in [0.5, 0.6) is 11.5 Å². The second-order valence-electron chi connectivity index (χ2n) is 5.76. The van der Waals surface area contributed by atoms with Crippen LogP contribution in [0.1, 0.15) is 23.7 Å². The summed E-state index contributed by atoms with van der Waals surface area (Å²) in [5.74, 6) is 0.941. The Balaban J connectivity index is 1.88. The average molecular weight is 392 g/mol. The summed E-state index contributed by atoms with van der Waals surface area (Å²) < 4.78 is 36.9. The Morgan fingerprint density at radius 3 is 2.52 bits per heavy atom. The monoisotopic (exact) mass is 392 g/mol. The number of rotatable bonds is 10. The minimum absolute atomic E-state index is 0.0315. The molecule has 0 saturated heterocycles. The number of nitrogens with one attached hydrogen (secondary N) is 2. The van der Waals surface area contributed by atoms with Crippen molar-refractivity contribution in [2.75, 3.05) is 30.7 Å². The van der Waals surface area contributed by atoms with Crippen LogP contribution in [0.25, 0.3) is 0 Å². The Labute approximate surface area is 159 Å². The van der Waals surface area contributed by atoms with Crippen LogP contribution in [0.2, 0.25) is 0 Å². The molecule has 0 aliphatic heterocycles. The first-order valence-corrected chi connectivity index (χ1v) is 10.2. The largest absolute Gasteiger partial charge is 0.493 e. The molecule has 0 bridgehead atoms. The Kier molecular flexibility index (Phi) is 7.48. The first kappa shape index (κ1) is 20.6. The Bertz CT molecular complexity index is 868. The van der Waals surface area contributed by atoms with Gasteiger partial charge in [0.2, 0.25) is 10.0 Å². The molecule has 0 unspecified atom stereocenters. The molecule has 0 heterocycles. The van der Waals surface area contributed by atoms with E-state index in [0.717, 1.165) is 0 Å². The molecule has 2 aromatic carbocycles. The van der Waals surface area contributed by atoms with Crippen molar-refractivity contribution in [1.29, 1.82) is 0 Å². The minimum atomic E-state index is -3.40. The van der Waals surface area contributed by atoms with Gasteiger partial charge in [0.1, 0.15) is 6.61 Å². The van der Waals surface area contributed by atoms with Crippen LogP contribution < -0.4 is 19.5 Å². The predicted octanol–water partition coefficient (Wildman–Crippen LogP) is 2.66. The lowest BCUT2D eigenvalue weighted by molar-refractivity contribution is 0.0947. The van der Waals surface area contributed by atoms with Crippen LogP contribution in [0.4, 0.5) is 5.69 Å². The number of sulfonamides is 1. The summed E-state index contributed by atoms with van der Waals surface area (Å²) in [6.45, 7) is 2.35. The third-order valence-corrected chi connectivity index (χ3v) is 5.08. The van der Waals surface area contributed by atoms with E-state index in [9.17, 15) is 13.2 Å². The predicted molar refractivity (Wildman–Crippen MR) is 105 cm³/mol. The van der Waals surface area contributed by atoms with Gasteiger partial charge in [-0.05, 0) is 36.8 Å². The third-order valence-electron chi connectivity index (χ3n) is 3.59. The molecule has 2 N–H and O–H groups in total. The van der Waals surface area contributed by atoms with E-state index in [4.69, 9.17) is 9.47 Å². The van der Waals surface area contributed by atoms with Gasteiger partial charge in [0.25, 0.3) is 5.91 Å². The Morgan fingerprint density at radius 1 is 1.07 bits per heavy atom. The molecule has 1 amide bonds. The fourth-order valence-corrected chi connectivity index (χ4v) is 3.51. The van der Waals surface area contributed by atoms with Crippen molar-refractivity contribution >= 4 is 21.6 Å². The van der Waals surface area contributed by atoms with Crippen LogP contribution in [-0.4, -0.2) is 40.3 Å². The van der Waals surface area contributed by atoms with E-state index < -0.39 is 10.0 Å². The van der Waals surface area contributed by atoms with Crippen molar-refractivity contribution in [2.45, 2.75) is 13.3 Å². The van der Waals surface area contributed by atoms with Gasteiger partial charge in [-0.15, -0.1) is 0 Å². The second kappa shape index (κ2) is 9.82. The van der Waals surface area contributed by atoms with Crippen LogP contribution in [0.3, 0.4) is 0 Å². The maximum atomic E-state index is 12.3. The van der Waals surface area contributed by atoms with Crippen molar-refractivity contribution < 1.29 is 22.7 Å². The molecule has 8 heteroatoms. The molecule has 0 spiro atoms. The summed E-state index contributed by atoms with van der Waals surface area (Å²) in [6, 6.07) is 13.6. The molecule has 0 radical (unpaired) electrons. The summed E-state index contributed by atoms with van der Waals surface area (Å²) in [4.78, 5) is 12.3. The zero-order chi connectivity index (χ0) is 19.7. The highest BCUT2D eigenvalue weighted by Gasteiger charge is 2.11. The normalized spacial score (nSPS) is 10.9. The molecular weight excluding hydrogens is 368 g/mol. The van der Waals surface area contributed by atoms with Crippen LogP contribution in [-0.2, 0) is 10.0 Å². The van der Waals surface area contributed by atoms with Gasteiger partial charge in [0.05, 0.1) is 19.4 Å². The van der Waals surface area contributed by atoms with Crippen LogP contribution >= 0.6 is 0 Å². The van der Waals surface area contributed by atoms with E-state index in [0.29, 0.717) is 35.7 Å². The number of hydrogen-bond acceptors (Lipinski definition) is 5. The molecular formula is C19H24N2O5S. The molecule has 0 aromatic heterocycles. The quantitative estimate of drug-likeness (QED) is 0.606. The summed E-state index contributed by atoms with van der Waals surface area (Å²) in [5.41, 5.74) is 0.727. The van der Waals surface area contributed by atoms with Gasteiger partial charge in [-0.3, -0.25) is 9.52 Å². The third kappa shape index (κ3) is 6.49. The fourth-order valence-electron chi connectivity index (χ4n) is 2.39. The molecule has 2 rings (SSSR count). The molecule has 2 aromatic rings. The average Bonchev–Trinajstić information content (AvgIpc) is 2.65. The van der Waals surface area contributed by atoms with E-state index in [1.54, 1.807) is 44.4 Å². The number of ether oxygens (including phenoxy) is 2.